The summed E-state index contributed by atoms with van der Waals surface area (Å²) in [5.74, 6) is 0.487. The maximum atomic E-state index is 9.05. The summed E-state index contributed by atoms with van der Waals surface area (Å²) in [6, 6.07) is 3.69. The highest BCUT2D eigenvalue weighted by Crippen LogP contribution is 2.18. The largest absolute Gasteiger partial charge is 0.396 e. The average Bonchev–Trinajstić information content (AvgIpc) is 2.17. The van der Waals surface area contributed by atoms with Crippen LogP contribution < -0.4 is 11.1 Å². The molecule has 0 atom stereocenters. The predicted molar refractivity (Wildman–Crippen MR) is 58.0 cm³/mol. The van der Waals surface area contributed by atoms with Gasteiger partial charge in [0.2, 0.25) is 0 Å². The first-order valence-corrected chi connectivity index (χ1v) is 4.60. The highest BCUT2D eigenvalue weighted by atomic mass is 16.3. The molecule has 0 aliphatic carbocycles. The number of hydrogen-bond acceptors (Lipinski definition) is 4. The number of rotatable bonds is 4. The molecule has 0 spiro atoms. The average molecular weight is 195 g/mol. The molecule has 1 aromatic rings. The molecule has 0 fully saturated rings. The predicted octanol–water partition coefficient (Wildman–Crippen LogP) is 1.09. The minimum atomic E-state index is -0.151. The first-order valence-electron chi connectivity index (χ1n) is 4.60. The first-order chi connectivity index (χ1) is 6.55. The van der Waals surface area contributed by atoms with Gasteiger partial charge >= 0.3 is 0 Å². The van der Waals surface area contributed by atoms with E-state index in [1.807, 2.05) is 26.0 Å². The lowest BCUT2D eigenvalue weighted by Crippen LogP contribution is -2.27. The van der Waals surface area contributed by atoms with Crippen LogP contribution in [0.1, 0.15) is 13.8 Å². The van der Waals surface area contributed by atoms with E-state index in [2.05, 4.69) is 10.3 Å². The first kappa shape index (κ1) is 10.8. The molecular weight excluding hydrogens is 178 g/mol. The van der Waals surface area contributed by atoms with Crippen LogP contribution in [-0.2, 0) is 0 Å². The topological polar surface area (TPSA) is 71.2 Å². The molecule has 0 radical (unpaired) electrons. The van der Waals surface area contributed by atoms with Crippen LogP contribution in [0.15, 0.2) is 18.3 Å². The van der Waals surface area contributed by atoms with E-state index in [4.69, 9.17) is 10.8 Å². The number of anilines is 2. The second kappa shape index (κ2) is 4.28. The Morgan fingerprint density at radius 1 is 1.57 bits per heavy atom. The van der Waals surface area contributed by atoms with Gasteiger partial charge in [0, 0.05) is 24.8 Å². The molecule has 0 saturated carbocycles. The summed E-state index contributed by atoms with van der Waals surface area (Å²) in [5, 5.41) is 12.2. The van der Waals surface area contributed by atoms with Crippen molar-refractivity contribution in [3.8, 4) is 0 Å². The Morgan fingerprint density at radius 3 is 2.86 bits per heavy atom. The van der Waals surface area contributed by atoms with Crippen molar-refractivity contribution in [2.75, 3.05) is 24.2 Å². The Hall–Kier alpha value is -1.29. The molecule has 0 saturated heterocycles. The van der Waals surface area contributed by atoms with Crippen molar-refractivity contribution in [1.82, 2.24) is 4.98 Å². The summed E-state index contributed by atoms with van der Waals surface area (Å²) >= 11 is 0. The van der Waals surface area contributed by atoms with E-state index < -0.39 is 0 Å². The Balaban J connectivity index is 2.58. The number of aliphatic hydroxyl groups excluding tert-OH is 1. The number of hydrogen-bond donors (Lipinski definition) is 3. The molecule has 4 N–H and O–H groups in total. The fraction of sp³-hybridized carbons (Fsp3) is 0.500. The summed E-state index contributed by atoms with van der Waals surface area (Å²) in [6.45, 7) is 4.76. The lowest BCUT2D eigenvalue weighted by atomic mass is 9.95. The van der Waals surface area contributed by atoms with Crippen LogP contribution in [-0.4, -0.2) is 23.2 Å². The summed E-state index contributed by atoms with van der Waals surface area (Å²) in [7, 11) is 0. The molecule has 78 valence electrons. The normalized spacial score (nSPS) is 11.4. The summed E-state index contributed by atoms with van der Waals surface area (Å²) < 4.78 is 0. The zero-order chi connectivity index (χ0) is 10.6. The number of pyridine rings is 1. The van der Waals surface area contributed by atoms with Gasteiger partial charge in [0.15, 0.2) is 0 Å². The lowest BCUT2D eigenvalue weighted by molar-refractivity contribution is 0.171. The third kappa shape index (κ3) is 2.88. The number of aliphatic hydroxyl groups is 1. The van der Waals surface area contributed by atoms with E-state index in [9.17, 15) is 0 Å². The van der Waals surface area contributed by atoms with Crippen molar-refractivity contribution in [3.63, 3.8) is 0 Å². The van der Waals surface area contributed by atoms with Gasteiger partial charge in [-0.15, -0.1) is 0 Å². The van der Waals surface area contributed by atoms with E-state index in [0.29, 0.717) is 12.4 Å². The number of nitrogens with two attached hydrogens (primary N) is 1. The maximum absolute atomic E-state index is 9.05. The van der Waals surface area contributed by atoms with Gasteiger partial charge < -0.3 is 16.2 Å². The molecular formula is C10H17N3O. The Labute approximate surface area is 84.2 Å². The molecule has 14 heavy (non-hydrogen) atoms. The van der Waals surface area contributed by atoms with Gasteiger partial charge in [-0.05, 0) is 12.1 Å². The van der Waals surface area contributed by atoms with Crippen LogP contribution in [0.4, 0.5) is 11.5 Å². The van der Waals surface area contributed by atoms with Gasteiger partial charge in [0.25, 0.3) is 0 Å². The number of nitrogens with zero attached hydrogens (tertiary/aromatic N) is 1. The van der Waals surface area contributed by atoms with Crippen LogP contribution in [0.25, 0.3) is 0 Å². The fourth-order valence-corrected chi connectivity index (χ4v) is 0.957. The van der Waals surface area contributed by atoms with E-state index in [1.54, 1.807) is 6.20 Å². The van der Waals surface area contributed by atoms with Crippen LogP contribution in [0.2, 0.25) is 0 Å². The highest BCUT2D eigenvalue weighted by molar-refractivity contribution is 5.60. The van der Waals surface area contributed by atoms with Gasteiger partial charge in [0.05, 0.1) is 5.69 Å². The Bertz CT molecular complexity index is 299. The molecule has 0 aromatic carbocycles. The molecule has 0 aliphatic heterocycles. The molecule has 1 aromatic heterocycles. The molecule has 1 heterocycles. The van der Waals surface area contributed by atoms with E-state index in [0.717, 1.165) is 5.69 Å². The second-order valence-corrected chi connectivity index (χ2v) is 4.11. The highest BCUT2D eigenvalue weighted by Gasteiger charge is 2.16. The smallest absolute Gasteiger partial charge is 0.146 e. The molecule has 0 amide bonds. The SMILES string of the molecule is CC(C)(CO)CNc1cccnc1N. The van der Waals surface area contributed by atoms with E-state index in [1.165, 1.54) is 0 Å². The van der Waals surface area contributed by atoms with Crippen molar-refractivity contribution < 1.29 is 5.11 Å². The van der Waals surface area contributed by atoms with Crippen LogP contribution in [0, 0.1) is 5.41 Å². The standard InChI is InChI=1S/C10H17N3O/c1-10(2,7-14)6-13-8-4-3-5-12-9(8)11/h3-5,13-14H,6-7H2,1-2H3,(H2,11,12). The van der Waals surface area contributed by atoms with Gasteiger partial charge in [-0.2, -0.15) is 0 Å². The number of aromatic nitrogens is 1. The van der Waals surface area contributed by atoms with Crippen molar-refractivity contribution in [2.45, 2.75) is 13.8 Å². The monoisotopic (exact) mass is 195 g/mol. The minimum absolute atomic E-state index is 0.139. The molecule has 0 aliphatic rings. The summed E-state index contributed by atoms with van der Waals surface area (Å²) in [4.78, 5) is 3.96. The van der Waals surface area contributed by atoms with Crippen LogP contribution in [0.5, 0.6) is 0 Å². The van der Waals surface area contributed by atoms with Crippen LogP contribution in [0.3, 0.4) is 0 Å². The van der Waals surface area contributed by atoms with Gasteiger partial charge in [0.1, 0.15) is 5.82 Å². The third-order valence-corrected chi connectivity index (χ3v) is 2.02. The zero-order valence-electron chi connectivity index (χ0n) is 8.62. The second-order valence-electron chi connectivity index (χ2n) is 4.11. The molecule has 0 bridgehead atoms. The molecule has 0 unspecified atom stereocenters. The minimum Gasteiger partial charge on any atom is -0.396 e. The van der Waals surface area contributed by atoms with Gasteiger partial charge in [-0.1, -0.05) is 13.8 Å². The molecule has 1 rings (SSSR count). The summed E-state index contributed by atoms with van der Waals surface area (Å²) in [6.07, 6.45) is 1.65. The van der Waals surface area contributed by atoms with Crippen molar-refractivity contribution >= 4 is 11.5 Å². The van der Waals surface area contributed by atoms with Crippen LogP contribution >= 0.6 is 0 Å². The lowest BCUT2D eigenvalue weighted by Gasteiger charge is -2.22. The zero-order valence-corrected chi connectivity index (χ0v) is 8.62. The molecule has 4 nitrogen and oxygen atoms in total. The van der Waals surface area contributed by atoms with Gasteiger partial charge in [-0.3, -0.25) is 0 Å². The third-order valence-electron chi connectivity index (χ3n) is 2.02. The Morgan fingerprint density at radius 2 is 2.29 bits per heavy atom. The number of nitrogens with one attached hydrogen (secondary N) is 1. The van der Waals surface area contributed by atoms with Gasteiger partial charge in [-0.25, -0.2) is 4.98 Å². The van der Waals surface area contributed by atoms with Crippen molar-refractivity contribution in [1.29, 1.82) is 0 Å². The quantitative estimate of drug-likeness (QED) is 0.672. The maximum Gasteiger partial charge on any atom is 0.146 e. The van der Waals surface area contributed by atoms with Crippen molar-refractivity contribution in [3.05, 3.63) is 18.3 Å². The Kier molecular flexibility index (Phi) is 3.30. The molecule has 4 heteroatoms. The van der Waals surface area contributed by atoms with E-state index >= 15 is 0 Å². The summed E-state index contributed by atoms with van der Waals surface area (Å²) in [5.41, 5.74) is 6.32. The number of nitrogen functional groups attached to an aromatic ring is 1. The van der Waals surface area contributed by atoms with Crippen molar-refractivity contribution in [2.24, 2.45) is 5.41 Å². The van der Waals surface area contributed by atoms with E-state index in [-0.39, 0.29) is 12.0 Å². The fourth-order valence-electron chi connectivity index (χ4n) is 0.957.